The molecule has 2 aromatic rings. The van der Waals surface area contributed by atoms with Gasteiger partial charge in [0.15, 0.2) is 28.7 Å². The van der Waals surface area contributed by atoms with Crippen molar-refractivity contribution in [2.45, 2.75) is 0 Å². The van der Waals surface area contributed by atoms with Crippen LogP contribution in [0.25, 0.3) is 0 Å². The van der Waals surface area contributed by atoms with E-state index in [2.05, 4.69) is 0 Å². The Hall–Kier alpha value is -3.53. The number of rotatable bonds is 8. The van der Waals surface area contributed by atoms with Crippen LogP contribution >= 0.6 is 11.6 Å². The zero-order valence-corrected chi connectivity index (χ0v) is 18.5. The third kappa shape index (κ3) is 5.54. The van der Waals surface area contributed by atoms with Crippen molar-refractivity contribution in [1.82, 2.24) is 0 Å². The quantitative estimate of drug-likeness (QED) is 0.606. The smallest absolute Gasteiger partial charge is 0.343 e. The fraction of sp³-hybridized carbons (Fsp3) is 0.300. The summed E-state index contributed by atoms with van der Waals surface area (Å²) in [6, 6.07) is 4.54. The Morgan fingerprint density at radius 2 is 1.06 bits per heavy atom. The number of aromatic carboxylic acids is 2. The van der Waals surface area contributed by atoms with Gasteiger partial charge in [-0.15, -0.1) is 0 Å². The number of carboxylic acid groups (broad SMARTS) is 2. The largest absolute Gasteiger partial charge is 0.496 e. The third-order valence-corrected chi connectivity index (χ3v) is 4.22. The Morgan fingerprint density at radius 1 is 0.645 bits per heavy atom. The van der Waals surface area contributed by atoms with Gasteiger partial charge in [0, 0.05) is 6.07 Å². The molecule has 0 aromatic heterocycles. The summed E-state index contributed by atoms with van der Waals surface area (Å²) >= 11 is 5.86. The lowest BCUT2D eigenvalue weighted by Crippen LogP contribution is -2.06. The van der Waals surface area contributed by atoms with Crippen LogP contribution < -0.4 is 28.4 Å². The van der Waals surface area contributed by atoms with E-state index >= 15 is 0 Å². The molecular weight excluding hydrogens is 436 g/mol. The molecule has 0 saturated carbocycles. The molecule has 0 heterocycles. The highest BCUT2D eigenvalue weighted by Crippen LogP contribution is 2.42. The number of benzene rings is 2. The van der Waals surface area contributed by atoms with Crippen LogP contribution in [0.3, 0.4) is 0 Å². The number of methoxy groups -OCH3 is 6. The van der Waals surface area contributed by atoms with Gasteiger partial charge < -0.3 is 38.6 Å². The molecular formula is C20H23ClO10. The number of ether oxygens (including phenoxy) is 6. The van der Waals surface area contributed by atoms with E-state index in [1.54, 1.807) is 6.07 Å². The molecule has 2 aromatic carbocycles. The summed E-state index contributed by atoms with van der Waals surface area (Å²) in [6.07, 6.45) is 0. The summed E-state index contributed by atoms with van der Waals surface area (Å²) in [5.74, 6) is -1.20. The fourth-order valence-electron chi connectivity index (χ4n) is 2.62. The van der Waals surface area contributed by atoms with Crippen molar-refractivity contribution in [2.75, 3.05) is 42.7 Å². The zero-order chi connectivity index (χ0) is 23.7. The van der Waals surface area contributed by atoms with Crippen LogP contribution in [-0.4, -0.2) is 64.8 Å². The molecule has 31 heavy (non-hydrogen) atoms. The van der Waals surface area contributed by atoms with Crippen LogP contribution in [0.15, 0.2) is 18.2 Å². The Morgan fingerprint density at radius 3 is 1.45 bits per heavy atom. The summed E-state index contributed by atoms with van der Waals surface area (Å²) in [4.78, 5) is 22.1. The van der Waals surface area contributed by atoms with Gasteiger partial charge >= 0.3 is 11.9 Å². The molecule has 0 atom stereocenters. The second kappa shape index (κ2) is 11.6. The Kier molecular flexibility index (Phi) is 9.55. The first-order valence-corrected chi connectivity index (χ1v) is 8.83. The summed E-state index contributed by atoms with van der Waals surface area (Å²) < 4.78 is 29.8. The average Bonchev–Trinajstić information content (AvgIpc) is 2.76. The monoisotopic (exact) mass is 458 g/mol. The average molecular weight is 459 g/mol. The van der Waals surface area contributed by atoms with Crippen molar-refractivity contribution in [3.05, 3.63) is 34.3 Å². The van der Waals surface area contributed by atoms with Crippen molar-refractivity contribution >= 4 is 23.5 Å². The van der Waals surface area contributed by atoms with E-state index in [4.69, 9.17) is 50.2 Å². The molecule has 2 rings (SSSR count). The maximum atomic E-state index is 11.1. The van der Waals surface area contributed by atoms with Crippen molar-refractivity contribution < 1.29 is 48.2 Å². The van der Waals surface area contributed by atoms with Crippen LogP contribution in [0.5, 0.6) is 34.5 Å². The highest BCUT2D eigenvalue weighted by atomic mass is 35.5. The van der Waals surface area contributed by atoms with Gasteiger partial charge in [0.1, 0.15) is 16.9 Å². The molecule has 170 valence electrons. The van der Waals surface area contributed by atoms with Gasteiger partial charge in [-0.05, 0) is 12.1 Å². The summed E-state index contributed by atoms with van der Waals surface area (Å²) in [6.45, 7) is 0. The molecule has 0 fully saturated rings. The lowest BCUT2D eigenvalue weighted by atomic mass is 10.1. The molecule has 0 aliphatic heterocycles. The van der Waals surface area contributed by atoms with Gasteiger partial charge in [0.2, 0.25) is 0 Å². The van der Waals surface area contributed by atoms with Crippen molar-refractivity contribution in [3.63, 3.8) is 0 Å². The minimum atomic E-state index is -1.20. The highest BCUT2D eigenvalue weighted by molar-refractivity contribution is 6.33. The normalized spacial score (nSPS) is 9.65. The minimum absolute atomic E-state index is 0.0423. The number of hydrogen-bond acceptors (Lipinski definition) is 8. The van der Waals surface area contributed by atoms with E-state index in [9.17, 15) is 9.59 Å². The second-order valence-electron chi connectivity index (χ2n) is 5.49. The first kappa shape index (κ1) is 25.5. The molecule has 0 aliphatic rings. The highest BCUT2D eigenvalue weighted by Gasteiger charge is 2.25. The van der Waals surface area contributed by atoms with E-state index in [1.165, 1.54) is 54.8 Å². The van der Waals surface area contributed by atoms with E-state index < -0.39 is 11.9 Å². The maximum Gasteiger partial charge on any atom is 0.343 e. The molecule has 0 unspecified atom stereocenters. The summed E-state index contributed by atoms with van der Waals surface area (Å²) in [5, 5.41) is 18.2. The lowest BCUT2D eigenvalue weighted by Gasteiger charge is -2.14. The van der Waals surface area contributed by atoms with Crippen LogP contribution in [-0.2, 0) is 0 Å². The fourth-order valence-corrected chi connectivity index (χ4v) is 2.89. The van der Waals surface area contributed by atoms with Gasteiger partial charge in [-0.1, -0.05) is 11.6 Å². The van der Waals surface area contributed by atoms with Gasteiger partial charge in [-0.25, -0.2) is 9.59 Å². The molecule has 11 heteroatoms. The van der Waals surface area contributed by atoms with Gasteiger partial charge in [-0.2, -0.15) is 0 Å². The number of carboxylic acids is 2. The Bertz CT molecular complexity index is 942. The molecule has 0 saturated heterocycles. The molecule has 2 N–H and O–H groups in total. The van der Waals surface area contributed by atoms with Gasteiger partial charge in [0.05, 0.1) is 47.7 Å². The van der Waals surface area contributed by atoms with E-state index in [0.717, 1.165) is 0 Å². The minimum Gasteiger partial charge on any atom is -0.496 e. The number of carbonyl (C=O) groups is 2. The molecule has 0 amide bonds. The molecule has 0 spiro atoms. The van der Waals surface area contributed by atoms with Crippen LogP contribution in [0.2, 0.25) is 5.02 Å². The molecule has 10 nitrogen and oxygen atoms in total. The molecule has 0 radical (unpaired) electrons. The standard InChI is InChI=1S/C10H11ClO5.C10H12O5/c1-14-6-4-5(11)8(15-2)7(10(12)13)9(6)16-3;1-13-6-4-5-7(14-2)9(15-3)8(6)10(11)12/h4H,1-3H3,(H,12,13);4-5H,1-3H3,(H,11,12). The second-order valence-corrected chi connectivity index (χ2v) is 5.90. The maximum absolute atomic E-state index is 11.1. The Labute approximate surface area is 183 Å². The lowest BCUT2D eigenvalue weighted by molar-refractivity contribution is 0.0677. The van der Waals surface area contributed by atoms with E-state index in [1.807, 2.05) is 0 Å². The van der Waals surface area contributed by atoms with E-state index in [0.29, 0.717) is 5.75 Å². The van der Waals surface area contributed by atoms with Crippen LogP contribution in [0.1, 0.15) is 20.7 Å². The van der Waals surface area contributed by atoms with Crippen LogP contribution in [0.4, 0.5) is 0 Å². The van der Waals surface area contributed by atoms with Crippen molar-refractivity contribution in [2.24, 2.45) is 0 Å². The predicted octanol–water partition coefficient (Wildman–Crippen LogP) is 3.47. The summed E-state index contributed by atoms with van der Waals surface area (Å²) in [7, 11) is 8.29. The predicted molar refractivity (Wildman–Crippen MR) is 111 cm³/mol. The first-order valence-electron chi connectivity index (χ1n) is 8.46. The topological polar surface area (TPSA) is 130 Å². The number of hydrogen-bond donors (Lipinski definition) is 2. The third-order valence-electron chi connectivity index (χ3n) is 3.94. The van der Waals surface area contributed by atoms with Crippen LogP contribution in [0, 0.1) is 0 Å². The van der Waals surface area contributed by atoms with E-state index in [-0.39, 0.29) is 44.9 Å². The van der Waals surface area contributed by atoms with Crippen molar-refractivity contribution in [3.8, 4) is 34.5 Å². The Balaban J connectivity index is 0.000000311. The SMILES string of the molecule is COc1cc(Cl)c(OC)c(C(=O)O)c1OC.COc1ccc(OC)c(C(=O)O)c1OC. The molecule has 0 bridgehead atoms. The van der Waals surface area contributed by atoms with Crippen molar-refractivity contribution in [1.29, 1.82) is 0 Å². The first-order chi connectivity index (χ1) is 14.7. The van der Waals surface area contributed by atoms with Gasteiger partial charge in [-0.3, -0.25) is 0 Å². The van der Waals surface area contributed by atoms with Gasteiger partial charge in [0.25, 0.3) is 0 Å². The zero-order valence-electron chi connectivity index (χ0n) is 17.8. The molecule has 0 aliphatic carbocycles. The summed E-state index contributed by atoms with van der Waals surface area (Å²) in [5.41, 5.74) is -0.200. The number of halogens is 1.